The van der Waals surface area contributed by atoms with Gasteiger partial charge in [0, 0.05) is 17.5 Å². The van der Waals surface area contributed by atoms with Crippen molar-refractivity contribution in [3.63, 3.8) is 0 Å². The van der Waals surface area contributed by atoms with Crippen molar-refractivity contribution in [2.24, 2.45) is 0 Å². The second-order valence-corrected chi connectivity index (χ2v) is 3.37. The monoisotopic (exact) mass is 198 g/mol. The van der Waals surface area contributed by atoms with E-state index in [9.17, 15) is 4.79 Å². The molecule has 0 saturated carbocycles. The zero-order valence-corrected chi connectivity index (χ0v) is 8.61. The summed E-state index contributed by atoms with van der Waals surface area (Å²) < 4.78 is 4.98. The summed E-state index contributed by atoms with van der Waals surface area (Å²) in [5, 5.41) is 0.622. The van der Waals surface area contributed by atoms with Crippen LogP contribution in [0.4, 0.5) is 0 Å². The van der Waals surface area contributed by atoms with Gasteiger partial charge in [0.05, 0.1) is 0 Å². The Morgan fingerprint density at radius 1 is 1.38 bits per heavy atom. The first-order valence-corrected chi connectivity index (χ1v) is 4.33. The van der Waals surface area contributed by atoms with Crippen molar-refractivity contribution in [1.82, 2.24) is 0 Å². The van der Waals surface area contributed by atoms with Gasteiger partial charge in [0.1, 0.15) is 5.75 Å². The second kappa shape index (κ2) is 3.79. The van der Waals surface area contributed by atoms with Gasteiger partial charge in [-0.15, -0.1) is 0 Å². The maximum Gasteiger partial charge on any atom is 0.308 e. The third kappa shape index (κ3) is 2.46. The minimum Gasteiger partial charge on any atom is -0.426 e. The van der Waals surface area contributed by atoms with Crippen LogP contribution in [0.5, 0.6) is 5.75 Å². The molecule has 0 N–H and O–H groups in total. The van der Waals surface area contributed by atoms with E-state index in [1.807, 2.05) is 19.9 Å². The van der Waals surface area contributed by atoms with E-state index in [0.717, 1.165) is 11.1 Å². The number of carbonyl (C=O) groups is 1. The summed E-state index contributed by atoms with van der Waals surface area (Å²) in [4.78, 5) is 10.7. The summed E-state index contributed by atoms with van der Waals surface area (Å²) in [7, 11) is 0. The van der Waals surface area contributed by atoms with Crippen LogP contribution in [0.1, 0.15) is 18.1 Å². The zero-order valence-electron chi connectivity index (χ0n) is 7.85. The summed E-state index contributed by atoms with van der Waals surface area (Å²) in [6.45, 7) is 5.09. The van der Waals surface area contributed by atoms with Crippen LogP contribution in [0.25, 0.3) is 0 Å². The molecule has 0 bridgehead atoms. The highest BCUT2D eigenvalue weighted by atomic mass is 35.5. The van der Waals surface area contributed by atoms with Crippen molar-refractivity contribution >= 4 is 17.6 Å². The molecular weight excluding hydrogens is 188 g/mol. The van der Waals surface area contributed by atoms with Crippen molar-refractivity contribution in [3.8, 4) is 5.75 Å². The van der Waals surface area contributed by atoms with Crippen LogP contribution >= 0.6 is 11.6 Å². The number of rotatable bonds is 1. The van der Waals surface area contributed by atoms with Gasteiger partial charge < -0.3 is 4.74 Å². The first-order valence-electron chi connectivity index (χ1n) is 3.96. The van der Waals surface area contributed by atoms with Gasteiger partial charge in [0.15, 0.2) is 0 Å². The van der Waals surface area contributed by atoms with Crippen LogP contribution in [0.2, 0.25) is 5.02 Å². The molecule has 0 atom stereocenters. The van der Waals surface area contributed by atoms with Gasteiger partial charge in [0.25, 0.3) is 0 Å². The Balaban J connectivity index is 3.12. The molecule has 2 nitrogen and oxygen atoms in total. The third-order valence-electron chi connectivity index (χ3n) is 1.69. The molecule has 0 aromatic heterocycles. The summed E-state index contributed by atoms with van der Waals surface area (Å²) >= 11 is 5.91. The van der Waals surface area contributed by atoms with E-state index in [2.05, 4.69) is 0 Å². The van der Waals surface area contributed by atoms with Crippen LogP contribution in [0.15, 0.2) is 12.1 Å². The Bertz CT molecular complexity index is 345. The molecular formula is C10H11ClO2. The van der Waals surface area contributed by atoms with Crippen LogP contribution in [0.3, 0.4) is 0 Å². The zero-order chi connectivity index (χ0) is 10.0. The minimum atomic E-state index is -0.329. The van der Waals surface area contributed by atoms with E-state index in [0.29, 0.717) is 10.8 Å². The molecule has 0 unspecified atom stereocenters. The number of hydrogen-bond acceptors (Lipinski definition) is 2. The van der Waals surface area contributed by atoms with Crippen molar-refractivity contribution in [3.05, 3.63) is 28.3 Å². The molecule has 1 aromatic rings. The molecule has 13 heavy (non-hydrogen) atoms. The molecule has 70 valence electrons. The number of halogens is 1. The average molecular weight is 199 g/mol. The van der Waals surface area contributed by atoms with Crippen molar-refractivity contribution in [1.29, 1.82) is 0 Å². The van der Waals surface area contributed by atoms with Crippen molar-refractivity contribution in [2.45, 2.75) is 20.8 Å². The predicted octanol–water partition coefficient (Wildman–Crippen LogP) is 2.88. The molecule has 0 spiro atoms. The van der Waals surface area contributed by atoms with Gasteiger partial charge >= 0.3 is 5.97 Å². The molecule has 0 heterocycles. The molecule has 0 aliphatic carbocycles. The second-order valence-electron chi connectivity index (χ2n) is 2.96. The first kappa shape index (κ1) is 10.1. The number of ether oxygens (including phenoxy) is 1. The number of hydrogen-bond donors (Lipinski definition) is 0. The van der Waals surface area contributed by atoms with Gasteiger partial charge in [0.2, 0.25) is 0 Å². The van der Waals surface area contributed by atoms with E-state index >= 15 is 0 Å². The third-order valence-corrected chi connectivity index (χ3v) is 2.09. The standard InChI is InChI=1S/C10H11ClO2/c1-6-4-9(11)7(2)10(5-6)13-8(3)12/h4-5H,1-3H3. The van der Waals surface area contributed by atoms with Gasteiger partial charge in [-0.2, -0.15) is 0 Å². The van der Waals surface area contributed by atoms with Crippen LogP contribution in [0, 0.1) is 13.8 Å². The summed E-state index contributed by atoms with van der Waals surface area (Å²) in [6.07, 6.45) is 0. The average Bonchev–Trinajstić information content (AvgIpc) is 1.98. The highest BCUT2D eigenvalue weighted by Crippen LogP contribution is 2.27. The highest BCUT2D eigenvalue weighted by molar-refractivity contribution is 6.31. The summed E-state index contributed by atoms with van der Waals surface area (Å²) in [5.41, 5.74) is 1.77. The molecule has 1 rings (SSSR count). The lowest BCUT2D eigenvalue weighted by Crippen LogP contribution is -2.03. The molecule has 0 saturated heterocycles. The Kier molecular flexibility index (Phi) is 2.94. The molecule has 0 amide bonds. The quantitative estimate of drug-likeness (QED) is 0.512. The van der Waals surface area contributed by atoms with E-state index in [4.69, 9.17) is 16.3 Å². The molecule has 1 aromatic carbocycles. The van der Waals surface area contributed by atoms with Gasteiger partial charge in [-0.05, 0) is 31.5 Å². The lowest BCUT2D eigenvalue weighted by molar-refractivity contribution is -0.131. The predicted molar refractivity (Wildman–Crippen MR) is 52.2 cm³/mol. The molecule has 0 radical (unpaired) electrons. The lowest BCUT2D eigenvalue weighted by Gasteiger charge is -2.07. The largest absolute Gasteiger partial charge is 0.426 e. The fourth-order valence-electron chi connectivity index (χ4n) is 1.04. The van der Waals surface area contributed by atoms with Crippen molar-refractivity contribution in [2.75, 3.05) is 0 Å². The van der Waals surface area contributed by atoms with E-state index < -0.39 is 0 Å². The van der Waals surface area contributed by atoms with Gasteiger partial charge in [-0.3, -0.25) is 4.79 Å². The van der Waals surface area contributed by atoms with Gasteiger partial charge in [-0.25, -0.2) is 0 Å². The Hall–Kier alpha value is -1.02. The smallest absolute Gasteiger partial charge is 0.308 e. The number of benzene rings is 1. The number of esters is 1. The highest BCUT2D eigenvalue weighted by Gasteiger charge is 2.06. The number of carbonyl (C=O) groups excluding carboxylic acids is 1. The van der Waals surface area contributed by atoms with Crippen LogP contribution in [-0.4, -0.2) is 5.97 Å². The molecule has 0 fully saturated rings. The minimum absolute atomic E-state index is 0.329. The SMILES string of the molecule is CC(=O)Oc1cc(C)cc(Cl)c1C. The number of aryl methyl sites for hydroxylation is 1. The fourth-order valence-corrected chi connectivity index (χ4v) is 1.31. The summed E-state index contributed by atoms with van der Waals surface area (Å²) in [6, 6.07) is 3.63. The first-order chi connectivity index (χ1) is 6.00. The lowest BCUT2D eigenvalue weighted by atomic mass is 10.1. The van der Waals surface area contributed by atoms with E-state index in [1.165, 1.54) is 6.92 Å². The van der Waals surface area contributed by atoms with E-state index in [1.54, 1.807) is 6.07 Å². The van der Waals surface area contributed by atoms with Crippen LogP contribution in [-0.2, 0) is 4.79 Å². The maximum atomic E-state index is 10.7. The van der Waals surface area contributed by atoms with E-state index in [-0.39, 0.29) is 5.97 Å². The summed E-state index contributed by atoms with van der Waals surface area (Å²) in [5.74, 6) is 0.210. The van der Waals surface area contributed by atoms with Gasteiger partial charge in [-0.1, -0.05) is 11.6 Å². The molecule has 0 aliphatic rings. The normalized spacial score (nSPS) is 9.85. The Labute approximate surface area is 82.5 Å². The topological polar surface area (TPSA) is 26.3 Å². The maximum absolute atomic E-state index is 10.7. The Morgan fingerprint density at radius 3 is 2.54 bits per heavy atom. The Morgan fingerprint density at radius 2 is 2.00 bits per heavy atom. The van der Waals surface area contributed by atoms with Crippen LogP contribution < -0.4 is 4.74 Å². The molecule has 3 heteroatoms. The molecule has 0 aliphatic heterocycles. The van der Waals surface area contributed by atoms with Crippen molar-refractivity contribution < 1.29 is 9.53 Å². The fraction of sp³-hybridized carbons (Fsp3) is 0.300.